The van der Waals surface area contributed by atoms with Crippen molar-refractivity contribution in [1.82, 2.24) is 0 Å². The molecule has 1 unspecified atom stereocenters. The molecule has 0 bridgehead atoms. The molecule has 1 saturated heterocycles. The molecule has 1 aliphatic heterocycles. The summed E-state index contributed by atoms with van der Waals surface area (Å²) in [6, 6.07) is 0. The Morgan fingerprint density at radius 2 is 2.14 bits per heavy atom. The quantitative estimate of drug-likeness (QED) is 0.355. The van der Waals surface area contributed by atoms with Crippen LogP contribution in [-0.4, -0.2) is 12.1 Å². The van der Waals surface area contributed by atoms with Crippen molar-refractivity contribution >= 4 is 5.97 Å². The Morgan fingerprint density at radius 1 is 1.36 bits per heavy atom. The highest BCUT2D eigenvalue weighted by atomic mass is 16.5. The zero-order valence-corrected chi connectivity index (χ0v) is 8.84. The summed E-state index contributed by atoms with van der Waals surface area (Å²) in [5.74, 6) is -0.0124. The number of ether oxygens (including phenoxy) is 1. The molecule has 14 heavy (non-hydrogen) atoms. The molecule has 0 aromatic rings. The highest BCUT2D eigenvalue weighted by molar-refractivity contribution is 5.71. The van der Waals surface area contributed by atoms with E-state index in [9.17, 15) is 4.79 Å². The number of esters is 1. The molecule has 0 aromatic heterocycles. The second-order valence-corrected chi connectivity index (χ2v) is 3.93. The lowest BCUT2D eigenvalue weighted by atomic mass is 10.1. The first-order valence-electron chi connectivity index (χ1n) is 5.63. The summed E-state index contributed by atoms with van der Waals surface area (Å²) in [6.07, 6.45) is 10.9. The lowest BCUT2D eigenvalue weighted by Crippen LogP contribution is -2.06. The van der Waals surface area contributed by atoms with Crippen molar-refractivity contribution in [2.24, 2.45) is 0 Å². The number of rotatable bonds is 7. The van der Waals surface area contributed by atoms with E-state index < -0.39 is 0 Å². The van der Waals surface area contributed by atoms with Gasteiger partial charge in [-0.25, -0.2) is 0 Å². The van der Waals surface area contributed by atoms with Crippen LogP contribution in [0.3, 0.4) is 0 Å². The predicted octanol–water partition coefficient (Wildman–Crippen LogP) is 3.22. The zero-order chi connectivity index (χ0) is 10.2. The fraction of sp³-hybridized carbons (Fsp3) is 0.750. The zero-order valence-electron chi connectivity index (χ0n) is 8.84. The van der Waals surface area contributed by atoms with E-state index in [0.717, 1.165) is 19.3 Å². The molecular weight excluding hydrogens is 176 g/mol. The van der Waals surface area contributed by atoms with Crippen molar-refractivity contribution in [3.63, 3.8) is 0 Å². The van der Waals surface area contributed by atoms with Gasteiger partial charge in [0, 0.05) is 6.42 Å². The first kappa shape index (κ1) is 11.3. The first-order valence-corrected chi connectivity index (χ1v) is 5.63. The second-order valence-electron chi connectivity index (χ2n) is 3.93. The molecule has 0 aliphatic carbocycles. The minimum atomic E-state index is -0.0124. The summed E-state index contributed by atoms with van der Waals surface area (Å²) in [5, 5.41) is 0. The predicted molar refractivity (Wildman–Crippen MR) is 57.0 cm³/mol. The Labute approximate surface area is 86.3 Å². The minimum absolute atomic E-state index is 0.0124. The Kier molecular flexibility index (Phi) is 5.35. The van der Waals surface area contributed by atoms with Gasteiger partial charge in [-0.1, -0.05) is 18.9 Å². The first-order chi connectivity index (χ1) is 6.83. The number of carbonyl (C=O) groups is 1. The number of unbranched alkanes of at least 4 members (excludes halogenated alkanes) is 4. The maximum Gasteiger partial charge on any atom is 0.306 e. The molecule has 0 spiro atoms. The van der Waals surface area contributed by atoms with Gasteiger partial charge in [0.25, 0.3) is 0 Å². The van der Waals surface area contributed by atoms with E-state index in [1.54, 1.807) is 0 Å². The molecule has 1 heterocycles. The highest BCUT2D eigenvalue weighted by Crippen LogP contribution is 2.19. The van der Waals surface area contributed by atoms with Crippen LogP contribution in [0.15, 0.2) is 12.7 Å². The van der Waals surface area contributed by atoms with Crippen molar-refractivity contribution in [3.05, 3.63) is 12.7 Å². The van der Waals surface area contributed by atoms with Gasteiger partial charge in [-0.3, -0.25) is 4.79 Å². The molecule has 1 rings (SSSR count). The molecule has 0 amide bonds. The van der Waals surface area contributed by atoms with Gasteiger partial charge in [-0.15, -0.1) is 6.58 Å². The molecule has 0 saturated carbocycles. The molecule has 0 radical (unpaired) electrons. The molecule has 1 aliphatic rings. The van der Waals surface area contributed by atoms with Crippen LogP contribution in [-0.2, 0) is 9.53 Å². The van der Waals surface area contributed by atoms with Crippen molar-refractivity contribution in [1.29, 1.82) is 0 Å². The SMILES string of the molecule is C=CCCCCCCC1CCC(=O)O1. The topological polar surface area (TPSA) is 26.3 Å². The number of allylic oxidation sites excluding steroid dienone is 1. The average Bonchev–Trinajstić information content (AvgIpc) is 2.58. The third-order valence-corrected chi connectivity index (χ3v) is 2.65. The lowest BCUT2D eigenvalue weighted by molar-refractivity contribution is -0.141. The van der Waals surface area contributed by atoms with Gasteiger partial charge in [0.1, 0.15) is 6.10 Å². The van der Waals surface area contributed by atoms with Crippen LogP contribution in [0.4, 0.5) is 0 Å². The minimum Gasteiger partial charge on any atom is -0.462 e. The fourth-order valence-corrected chi connectivity index (χ4v) is 1.80. The normalized spacial score (nSPS) is 20.9. The van der Waals surface area contributed by atoms with Crippen molar-refractivity contribution < 1.29 is 9.53 Å². The van der Waals surface area contributed by atoms with Crippen LogP contribution in [0.25, 0.3) is 0 Å². The Hall–Kier alpha value is -0.790. The maximum absolute atomic E-state index is 10.8. The van der Waals surface area contributed by atoms with Gasteiger partial charge >= 0.3 is 5.97 Å². The third kappa shape index (κ3) is 4.45. The average molecular weight is 196 g/mol. The lowest BCUT2D eigenvalue weighted by Gasteiger charge is -2.07. The van der Waals surface area contributed by atoms with E-state index in [1.807, 2.05) is 6.08 Å². The number of hydrogen-bond donors (Lipinski definition) is 0. The standard InChI is InChI=1S/C12H20O2/c1-2-3-4-5-6-7-8-11-9-10-12(13)14-11/h2,11H,1,3-10H2. The Balaban J connectivity index is 1.89. The summed E-state index contributed by atoms with van der Waals surface area (Å²) in [6.45, 7) is 3.69. The maximum atomic E-state index is 10.8. The van der Waals surface area contributed by atoms with E-state index in [0.29, 0.717) is 6.42 Å². The number of carbonyl (C=O) groups excluding carboxylic acids is 1. The van der Waals surface area contributed by atoms with Crippen molar-refractivity contribution in [3.8, 4) is 0 Å². The third-order valence-electron chi connectivity index (χ3n) is 2.65. The monoisotopic (exact) mass is 196 g/mol. The molecule has 0 N–H and O–H groups in total. The smallest absolute Gasteiger partial charge is 0.306 e. The summed E-state index contributed by atoms with van der Waals surface area (Å²) < 4.78 is 5.13. The molecular formula is C12H20O2. The fourth-order valence-electron chi connectivity index (χ4n) is 1.80. The molecule has 1 fully saturated rings. The van der Waals surface area contributed by atoms with Gasteiger partial charge in [-0.2, -0.15) is 0 Å². The second kappa shape index (κ2) is 6.63. The Morgan fingerprint density at radius 3 is 2.79 bits per heavy atom. The van der Waals surface area contributed by atoms with Crippen LogP contribution in [0.1, 0.15) is 51.4 Å². The Bertz CT molecular complexity index is 187. The van der Waals surface area contributed by atoms with Crippen LogP contribution in [0.5, 0.6) is 0 Å². The van der Waals surface area contributed by atoms with Crippen molar-refractivity contribution in [2.45, 2.75) is 57.5 Å². The van der Waals surface area contributed by atoms with Gasteiger partial charge in [-0.05, 0) is 32.1 Å². The van der Waals surface area contributed by atoms with Crippen LogP contribution < -0.4 is 0 Å². The van der Waals surface area contributed by atoms with Gasteiger partial charge in [0.15, 0.2) is 0 Å². The summed E-state index contributed by atoms with van der Waals surface area (Å²) in [4.78, 5) is 10.8. The van der Waals surface area contributed by atoms with Crippen LogP contribution in [0.2, 0.25) is 0 Å². The van der Waals surface area contributed by atoms with Gasteiger partial charge < -0.3 is 4.74 Å². The van der Waals surface area contributed by atoms with E-state index in [-0.39, 0.29) is 12.1 Å². The van der Waals surface area contributed by atoms with Crippen LogP contribution >= 0.6 is 0 Å². The highest BCUT2D eigenvalue weighted by Gasteiger charge is 2.22. The molecule has 2 heteroatoms. The molecule has 1 atom stereocenters. The summed E-state index contributed by atoms with van der Waals surface area (Å²) in [7, 11) is 0. The summed E-state index contributed by atoms with van der Waals surface area (Å²) in [5.41, 5.74) is 0. The molecule has 80 valence electrons. The van der Waals surface area contributed by atoms with Gasteiger partial charge in [0.05, 0.1) is 0 Å². The largest absolute Gasteiger partial charge is 0.462 e. The van der Waals surface area contributed by atoms with Crippen molar-refractivity contribution in [2.75, 3.05) is 0 Å². The van der Waals surface area contributed by atoms with Crippen LogP contribution in [0, 0.1) is 0 Å². The van der Waals surface area contributed by atoms with E-state index in [4.69, 9.17) is 4.74 Å². The number of cyclic esters (lactones) is 1. The van der Waals surface area contributed by atoms with E-state index >= 15 is 0 Å². The summed E-state index contributed by atoms with van der Waals surface area (Å²) >= 11 is 0. The number of hydrogen-bond acceptors (Lipinski definition) is 2. The van der Waals surface area contributed by atoms with E-state index in [2.05, 4.69) is 6.58 Å². The molecule has 0 aromatic carbocycles. The van der Waals surface area contributed by atoms with E-state index in [1.165, 1.54) is 25.7 Å². The molecule has 2 nitrogen and oxygen atoms in total. The van der Waals surface area contributed by atoms with Gasteiger partial charge in [0.2, 0.25) is 0 Å².